The predicted octanol–water partition coefficient (Wildman–Crippen LogP) is 2.88. The number of likely N-dealkylation sites (N-methyl/N-ethyl adjacent to an activating group) is 1. The second-order valence-electron chi connectivity index (χ2n) is 11.5. The summed E-state index contributed by atoms with van der Waals surface area (Å²) in [6, 6.07) is 4.07. The summed E-state index contributed by atoms with van der Waals surface area (Å²) in [5.41, 5.74) is 1.45. The SMILES string of the molecule is CN(C(=O)OC(C)(C)C)[C@H](C(=O)NCc1ccc2c(c1)CN(C1CCC(=O)NC1=O)C2=O)C1CCCCC1. The van der Waals surface area contributed by atoms with Gasteiger partial charge >= 0.3 is 6.09 Å². The molecular weight excluding hydrogens is 488 g/mol. The van der Waals surface area contributed by atoms with E-state index in [1.165, 1.54) is 9.80 Å². The molecule has 2 heterocycles. The molecule has 2 N–H and O–H groups in total. The summed E-state index contributed by atoms with van der Waals surface area (Å²) in [6.07, 6.45) is 4.93. The normalized spacial score (nSPS) is 21.0. The fourth-order valence-electron chi connectivity index (χ4n) is 5.64. The van der Waals surface area contributed by atoms with Gasteiger partial charge in [-0.3, -0.25) is 29.4 Å². The van der Waals surface area contributed by atoms with Gasteiger partial charge in [0.15, 0.2) is 0 Å². The maximum absolute atomic E-state index is 13.4. The largest absolute Gasteiger partial charge is 0.444 e. The average Bonchev–Trinajstić information content (AvgIpc) is 3.18. The van der Waals surface area contributed by atoms with Gasteiger partial charge in [0.05, 0.1) is 0 Å². The molecule has 0 aromatic heterocycles. The molecule has 2 atom stereocenters. The molecular formula is C28H38N4O6. The Morgan fingerprint density at radius 3 is 2.50 bits per heavy atom. The highest BCUT2D eigenvalue weighted by Gasteiger charge is 2.40. The van der Waals surface area contributed by atoms with E-state index in [1.807, 2.05) is 6.07 Å². The molecule has 10 nitrogen and oxygen atoms in total. The van der Waals surface area contributed by atoms with Crippen LogP contribution in [0.25, 0.3) is 0 Å². The Bertz CT molecular complexity index is 1120. The minimum absolute atomic E-state index is 0.0565. The number of carbonyl (C=O) groups is 5. The maximum Gasteiger partial charge on any atom is 0.410 e. The predicted molar refractivity (Wildman–Crippen MR) is 139 cm³/mol. The molecule has 1 aromatic carbocycles. The van der Waals surface area contributed by atoms with Crippen LogP contribution < -0.4 is 10.6 Å². The quantitative estimate of drug-likeness (QED) is 0.549. The molecule has 0 spiro atoms. The first-order valence-electron chi connectivity index (χ1n) is 13.4. The van der Waals surface area contributed by atoms with Crippen LogP contribution in [-0.2, 0) is 32.2 Å². The number of benzene rings is 1. The lowest BCUT2D eigenvalue weighted by Gasteiger charge is -2.36. The number of fused-ring (bicyclic) bond motifs is 1. The second kappa shape index (κ2) is 11.1. The van der Waals surface area contributed by atoms with Crippen LogP contribution in [0.3, 0.4) is 0 Å². The van der Waals surface area contributed by atoms with E-state index in [0.29, 0.717) is 12.0 Å². The summed E-state index contributed by atoms with van der Waals surface area (Å²) in [5, 5.41) is 5.30. The van der Waals surface area contributed by atoms with E-state index in [4.69, 9.17) is 4.74 Å². The van der Waals surface area contributed by atoms with Crippen LogP contribution in [0.15, 0.2) is 18.2 Å². The summed E-state index contributed by atoms with van der Waals surface area (Å²) in [7, 11) is 1.62. The Kier molecular flexibility index (Phi) is 8.08. The van der Waals surface area contributed by atoms with Crippen molar-refractivity contribution in [3.63, 3.8) is 0 Å². The lowest BCUT2D eigenvalue weighted by Crippen LogP contribution is -2.53. The minimum atomic E-state index is -0.671. The second-order valence-corrected chi connectivity index (χ2v) is 11.5. The molecule has 5 amide bonds. The van der Waals surface area contributed by atoms with Crippen molar-refractivity contribution in [3.8, 4) is 0 Å². The van der Waals surface area contributed by atoms with Crippen molar-refractivity contribution in [2.45, 2.75) is 96.5 Å². The van der Waals surface area contributed by atoms with E-state index in [-0.39, 0.29) is 43.1 Å². The number of nitrogens with one attached hydrogen (secondary N) is 2. The van der Waals surface area contributed by atoms with Gasteiger partial charge in [-0.1, -0.05) is 31.4 Å². The molecule has 4 rings (SSSR count). The van der Waals surface area contributed by atoms with E-state index >= 15 is 0 Å². The van der Waals surface area contributed by atoms with E-state index in [0.717, 1.165) is 43.2 Å². The average molecular weight is 527 g/mol. The molecule has 3 aliphatic rings. The van der Waals surface area contributed by atoms with Crippen molar-refractivity contribution in [2.75, 3.05) is 7.05 Å². The molecule has 1 aromatic rings. The standard InChI is InChI=1S/C28H38N4O6/c1-28(2,3)38-27(37)31(4)23(18-8-6-5-7-9-18)25(35)29-15-17-10-11-20-19(14-17)16-32(26(20)36)21-12-13-22(33)30-24(21)34/h10-11,14,18,21,23H,5-9,12-13,15-16H2,1-4H3,(H,29,35)(H,30,33,34)/t21?,23-/m0/s1. The number of hydrogen-bond donors (Lipinski definition) is 2. The molecule has 0 radical (unpaired) electrons. The summed E-state index contributed by atoms with van der Waals surface area (Å²) in [6.45, 7) is 5.91. The van der Waals surface area contributed by atoms with Gasteiger partial charge in [0.2, 0.25) is 17.7 Å². The number of hydrogen-bond acceptors (Lipinski definition) is 6. The third kappa shape index (κ3) is 6.16. The van der Waals surface area contributed by atoms with Crippen LogP contribution >= 0.6 is 0 Å². The molecule has 2 aliphatic heterocycles. The minimum Gasteiger partial charge on any atom is -0.444 e. The number of imide groups is 1. The van der Waals surface area contributed by atoms with Gasteiger partial charge in [0, 0.05) is 32.1 Å². The van der Waals surface area contributed by atoms with Crippen molar-refractivity contribution >= 4 is 29.7 Å². The van der Waals surface area contributed by atoms with Gasteiger partial charge in [0.25, 0.3) is 5.91 Å². The van der Waals surface area contributed by atoms with E-state index < -0.39 is 29.7 Å². The highest BCUT2D eigenvalue weighted by Crippen LogP contribution is 2.31. The molecule has 2 fully saturated rings. The van der Waals surface area contributed by atoms with Crippen LogP contribution in [0.5, 0.6) is 0 Å². The molecule has 206 valence electrons. The van der Waals surface area contributed by atoms with E-state index in [2.05, 4.69) is 10.6 Å². The van der Waals surface area contributed by atoms with Crippen molar-refractivity contribution < 1.29 is 28.7 Å². The zero-order valence-electron chi connectivity index (χ0n) is 22.7. The Hall–Kier alpha value is -3.43. The summed E-state index contributed by atoms with van der Waals surface area (Å²) in [4.78, 5) is 65.9. The summed E-state index contributed by atoms with van der Waals surface area (Å²) < 4.78 is 5.54. The lowest BCUT2D eigenvalue weighted by molar-refractivity contribution is -0.137. The summed E-state index contributed by atoms with van der Waals surface area (Å²) in [5.74, 6) is -1.18. The van der Waals surface area contributed by atoms with Crippen molar-refractivity contribution in [2.24, 2.45) is 5.92 Å². The van der Waals surface area contributed by atoms with Crippen LogP contribution in [0, 0.1) is 5.92 Å². The van der Waals surface area contributed by atoms with Crippen molar-refractivity contribution in [3.05, 3.63) is 34.9 Å². The van der Waals surface area contributed by atoms with Gasteiger partial charge in [-0.25, -0.2) is 4.79 Å². The van der Waals surface area contributed by atoms with Crippen molar-refractivity contribution in [1.29, 1.82) is 0 Å². The van der Waals surface area contributed by atoms with Crippen LogP contribution in [-0.4, -0.2) is 64.3 Å². The molecule has 1 unspecified atom stereocenters. The zero-order chi connectivity index (χ0) is 27.6. The Morgan fingerprint density at radius 2 is 1.84 bits per heavy atom. The zero-order valence-corrected chi connectivity index (χ0v) is 22.7. The smallest absolute Gasteiger partial charge is 0.410 e. The van der Waals surface area contributed by atoms with Gasteiger partial charge in [0.1, 0.15) is 17.7 Å². The number of carbonyl (C=O) groups excluding carboxylic acids is 5. The van der Waals surface area contributed by atoms with Crippen molar-refractivity contribution in [1.82, 2.24) is 20.4 Å². The highest BCUT2D eigenvalue weighted by atomic mass is 16.6. The lowest BCUT2D eigenvalue weighted by atomic mass is 9.83. The molecule has 1 saturated heterocycles. The van der Waals surface area contributed by atoms with E-state index in [1.54, 1.807) is 40.0 Å². The maximum atomic E-state index is 13.4. The van der Waals surface area contributed by atoms with Crippen LogP contribution in [0.1, 0.15) is 87.2 Å². The number of amides is 5. The monoisotopic (exact) mass is 526 g/mol. The van der Waals surface area contributed by atoms with Crippen LogP contribution in [0.2, 0.25) is 0 Å². The Morgan fingerprint density at radius 1 is 1.13 bits per heavy atom. The fourth-order valence-corrected chi connectivity index (χ4v) is 5.64. The summed E-state index contributed by atoms with van der Waals surface area (Å²) >= 11 is 0. The number of ether oxygens (including phenoxy) is 1. The number of rotatable bonds is 6. The van der Waals surface area contributed by atoms with Gasteiger partial charge in [-0.15, -0.1) is 0 Å². The van der Waals surface area contributed by atoms with Crippen LogP contribution in [0.4, 0.5) is 4.79 Å². The molecule has 1 aliphatic carbocycles. The first kappa shape index (κ1) is 27.6. The van der Waals surface area contributed by atoms with Gasteiger partial charge in [-0.2, -0.15) is 0 Å². The molecule has 0 bridgehead atoms. The first-order chi connectivity index (χ1) is 17.9. The first-order valence-corrected chi connectivity index (χ1v) is 13.4. The topological polar surface area (TPSA) is 125 Å². The third-order valence-corrected chi connectivity index (χ3v) is 7.52. The number of nitrogens with zero attached hydrogens (tertiary/aromatic N) is 2. The van der Waals surface area contributed by atoms with E-state index in [9.17, 15) is 24.0 Å². The number of piperidine rings is 1. The molecule has 38 heavy (non-hydrogen) atoms. The fraction of sp³-hybridized carbons (Fsp3) is 0.607. The Labute approximate surface area is 223 Å². The van der Waals surface area contributed by atoms with Gasteiger partial charge in [-0.05, 0) is 63.1 Å². The van der Waals surface area contributed by atoms with Gasteiger partial charge < -0.3 is 15.0 Å². The highest BCUT2D eigenvalue weighted by molar-refractivity contribution is 6.05. The molecule has 10 heteroatoms. The third-order valence-electron chi connectivity index (χ3n) is 7.52. The molecule has 1 saturated carbocycles. The Balaban J connectivity index is 1.43.